The van der Waals surface area contributed by atoms with Gasteiger partial charge in [0.05, 0.1) is 6.61 Å². The fourth-order valence-corrected chi connectivity index (χ4v) is 2.65. The number of halogens is 1. The second kappa shape index (κ2) is 12.5. The largest absolute Gasteiger partial charge is 0.379 e. The monoisotopic (exact) mass is 474 g/mol. The van der Waals surface area contributed by atoms with Crippen LogP contribution in [0.4, 0.5) is 0 Å². The van der Waals surface area contributed by atoms with Crippen LogP contribution in [0.3, 0.4) is 0 Å². The van der Waals surface area contributed by atoms with Gasteiger partial charge in [0, 0.05) is 46.4 Å². The van der Waals surface area contributed by atoms with Crippen molar-refractivity contribution in [2.45, 2.75) is 32.4 Å². The van der Waals surface area contributed by atoms with Crippen molar-refractivity contribution in [1.82, 2.24) is 15.1 Å². The molecule has 0 saturated heterocycles. The average Bonchev–Trinajstić information content (AvgIpc) is 3.44. The zero-order chi connectivity index (χ0) is 18.1. The molecule has 0 amide bonds. The van der Waals surface area contributed by atoms with Crippen molar-refractivity contribution in [3.8, 4) is 0 Å². The average molecular weight is 474 g/mol. The first-order valence-corrected chi connectivity index (χ1v) is 9.33. The molecule has 0 spiro atoms. The third-order valence-electron chi connectivity index (χ3n) is 4.78. The van der Waals surface area contributed by atoms with E-state index in [0.29, 0.717) is 6.04 Å². The number of hydrogen-bond acceptors (Lipinski definition) is 3. The van der Waals surface area contributed by atoms with Gasteiger partial charge in [0.1, 0.15) is 0 Å². The first-order chi connectivity index (χ1) is 12.1. The summed E-state index contributed by atoms with van der Waals surface area (Å²) in [4.78, 5) is 8.88. The van der Waals surface area contributed by atoms with Crippen LogP contribution in [0, 0.1) is 5.92 Å². The lowest BCUT2D eigenvalue weighted by Crippen LogP contribution is -2.46. The van der Waals surface area contributed by atoms with Crippen LogP contribution >= 0.6 is 24.0 Å². The minimum absolute atomic E-state index is 0. The van der Waals surface area contributed by atoms with Gasteiger partial charge in [0.2, 0.25) is 0 Å². The molecule has 0 radical (unpaired) electrons. The fourth-order valence-electron chi connectivity index (χ4n) is 2.65. The third kappa shape index (κ3) is 8.68. The normalized spacial score (nSPS) is 15.5. The molecule has 26 heavy (non-hydrogen) atoms. The van der Waals surface area contributed by atoms with Crippen molar-refractivity contribution in [2.75, 3.05) is 47.4 Å². The van der Waals surface area contributed by atoms with Gasteiger partial charge in [-0.2, -0.15) is 0 Å². The summed E-state index contributed by atoms with van der Waals surface area (Å²) in [6, 6.07) is 11.0. The van der Waals surface area contributed by atoms with E-state index in [0.717, 1.165) is 44.7 Å². The van der Waals surface area contributed by atoms with E-state index in [1.165, 1.54) is 18.4 Å². The molecule has 1 fully saturated rings. The Kier molecular flexibility index (Phi) is 11.2. The number of likely N-dealkylation sites (N-methyl/N-ethyl adjacent to an activating group) is 2. The lowest BCUT2D eigenvalue weighted by molar-refractivity contribution is 0.115. The summed E-state index contributed by atoms with van der Waals surface area (Å²) in [5.41, 5.74) is 1.34. The van der Waals surface area contributed by atoms with Crippen molar-refractivity contribution >= 4 is 29.9 Å². The highest BCUT2D eigenvalue weighted by molar-refractivity contribution is 14.0. The Morgan fingerprint density at radius 2 is 1.96 bits per heavy atom. The van der Waals surface area contributed by atoms with Crippen LogP contribution in [0.1, 0.15) is 25.3 Å². The molecular formula is C20H35IN4O. The Morgan fingerprint density at radius 3 is 2.58 bits per heavy atom. The van der Waals surface area contributed by atoms with E-state index in [2.05, 4.69) is 71.5 Å². The number of aliphatic imine (C=N–C) groups is 1. The number of hydrogen-bond donors (Lipinski definition) is 1. The molecule has 0 aromatic heterocycles. The van der Waals surface area contributed by atoms with Gasteiger partial charge in [-0.1, -0.05) is 30.3 Å². The first kappa shape index (κ1) is 23.2. The highest BCUT2D eigenvalue weighted by Gasteiger charge is 2.21. The quantitative estimate of drug-likeness (QED) is 0.245. The summed E-state index contributed by atoms with van der Waals surface area (Å²) in [7, 11) is 6.06. The molecule has 1 aromatic rings. The summed E-state index contributed by atoms with van der Waals surface area (Å²) in [5.74, 6) is 1.75. The Hall–Kier alpha value is -0.860. The van der Waals surface area contributed by atoms with E-state index in [-0.39, 0.29) is 24.0 Å². The van der Waals surface area contributed by atoms with Crippen LogP contribution in [0.25, 0.3) is 0 Å². The molecule has 1 saturated carbocycles. The molecule has 1 aliphatic carbocycles. The summed E-state index contributed by atoms with van der Waals surface area (Å²) >= 11 is 0. The molecule has 5 nitrogen and oxygen atoms in total. The van der Waals surface area contributed by atoms with Gasteiger partial charge in [-0.3, -0.25) is 9.89 Å². The molecule has 2 rings (SSSR count). The predicted octanol–water partition coefficient (Wildman–Crippen LogP) is 3.06. The number of nitrogens with zero attached hydrogens (tertiary/aromatic N) is 3. The van der Waals surface area contributed by atoms with E-state index in [1.54, 1.807) is 0 Å². The topological polar surface area (TPSA) is 40.1 Å². The lowest BCUT2D eigenvalue weighted by Gasteiger charge is -2.28. The molecule has 1 unspecified atom stereocenters. The van der Waals surface area contributed by atoms with Crippen LogP contribution in [0.5, 0.6) is 0 Å². The van der Waals surface area contributed by atoms with Gasteiger partial charge in [0.15, 0.2) is 5.96 Å². The summed E-state index contributed by atoms with van der Waals surface area (Å²) in [6.07, 6.45) is 2.68. The van der Waals surface area contributed by atoms with Crippen LogP contribution in [-0.4, -0.2) is 69.2 Å². The maximum atomic E-state index is 5.72. The Balaban J connectivity index is 0.00000338. The molecule has 6 heteroatoms. The summed E-state index contributed by atoms with van der Waals surface area (Å²) < 4.78 is 5.72. The van der Waals surface area contributed by atoms with Crippen LogP contribution in [-0.2, 0) is 11.3 Å². The molecule has 0 aliphatic heterocycles. The Labute approximate surface area is 176 Å². The number of nitrogens with one attached hydrogen (secondary N) is 1. The highest BCUT2D eigenvalue weighted by atomic mass is 127. The maximum Gasteiger partial charge on any atom is 0.193 e. The fraction of sp³-hybridized carbons (Fsp3) is 0.650. The molecule has 1 aliphatic rings. The molecule has 0 heterocycles. The Bertz CT molecular complexity index is 522. The number of ether oxygens (including phenoxy) is 1. The molecule has 0 bridgehead atoms. The van der Waals surface area contributed by atoms with Gasteiger partial charge >= 0.3 is 0 Å². The van der Waals surface area contributed by atoms with Crippen molar-refractivity contribution in [1.29, 1.82) is 0 Å². The molecule has 1 N–H and O–H groups in total. The minimum Gasteiger partial charge on any atom is -0.379 e. The van der Waals surface area contributed by atoms with E-state index < -0.39 is 0 Å². The smallest absolute Gasteiger partial charge is 0.193 e. The summed E-state index contributed by atoms with van der Waals surface area (Å²) in [6.45, 7) is 6.59. The zero-order valence-electron chi connectivity index (χ0n) is 16.6. The maximum absolute atomic E-state index is 5.72. The number of benzene rings is 1. The van der Waals surface area contributed by atoms with E-state index >= 15 is 0 Å². The van der Waals surface area contributed by atoms with Gasteiger partial charge in [0.25, 0.3) is 0 Å². The van der Waals surface area contributed by atoms with E-state index in [1.807, 2.05) is 7.05 Å². The molecular weight excluding hydrogens is 439 g/mol. The van der Waals surface area contributed by atoms with Gasteiger partial charge < -0.3 is 15.0 Å². The third-order valence-corrected chi connectivity index (χ3v) is 4.78. The van der Waals surface area contributed by atoms with E-state index in [4.69, 9.17) is 4.74 Å². The van der Waals surface area contributed by atoms with Gasteiger partial charge in [-0.15, -0.1) is 24.0 Å². The van der Waals surface area contributed by atoms with Crippen molar-refractivity contribution in [3.05, 3.63) is 35.9 Å². The SMILES string of the molecule is CN=C(NCC(C)N(C)Cc1ccccc1)N(C)CCOCC1CC1.I. The standard InChI is InChI=1S/C20H34N4O.HI/c1-17(24(4)15-18-8-6-5-7-9-18)14-22-20(21-2)23(3)12-13-25-16-19-10-11-19;/h5-9,17,19H,10-16H2,1-4H3,(H,21,22);1H. The van der Waals surface area contributed by atoms with Crippen LogP contribution < -0.4 is 5.32 Å². The second-order valence-corrected chi connectivity index (χ2v) is 7.12. The van der Waals surface area contributed by atoms with Crippen molar-refractivity contribution in [3.63, 3.8) is 0 Å². The molecule has 1 aromatic carbocycles. The van der Waals surface area contributed by atoms with Crippen molar-refractivity contribution < 1.29 is 4.74 Å². The van der Waals surface area contributed by atoms with Gasteiger partial charge in [-0.05, 0) is 38.3 Å². The molecule has 148 valence electrons. The highest BCUT2D eigenvalue weighted by Crippen LogP contribution is 2.28. The van der Waals surface area contributed by atoms with Crippen LogP contribution in [0.15, 0.2) is 35.3 Å². The lowest BCUT2D eigenvalue weighted by atomic mass is 10.2. The predicted molar refractivity (Wildman–Crippen MR) is 120 cm³/mol. The van der Waals surface area contributed by atoms with E-state index in [9.17, 15) is 0 Å². The number of rotatable bonds is 10. The van der Waals surface area contributed by atoms with Crippen LogP contribution in [0.2, 0.25) is 0 Å². The first-order valence-electron chi connectivity index (χ1n) is 9.33. The second-order valence-electron chi connectivity index (χ2n) is 7.12. The van der Waals surface area contributed by atoms with Gasteiger partial charge in [-0.25, -0.2) is 0 Å². The summed E-state index contributed by atoms with van der Waals surface area (Å²) in [5, 5.41) is 3.48. The minimum atomic E-state index is 0. The Morgan fingerprint density at radius 1 is 1.27 bits per heavy atom. The zero-order valence-corrected chi connectivity index (χ0v) is 19.0. The van der Waals surface area contributed by atoms with Crippen molar-refractivity contribution in [2.24, 2.45) is 10.9 Å². The molecule has 1 atom stereocenters. The number of guanidine groups is 1.